The summed E-state index contributed by atoms with van der Waals surface area (Å²) in [5.74, 6) is 2.69. The second-order valence-corrected chi connectivity index (χ2v) is 4.40. The molecule has 1 fully saturated rings. The third-order valence-corrected chi connectivity index (χ3v) is 2.64. The van der Waals surface area contributed by atoms with Crippen LogP contribution in [0.3, 0.4) is 0 Å². The summed E-state index contributed by atoms with van der Waals surface area (Å²) in [4.78, 5) is 0. The Morgan fingerprint density at radius 3 is 2.50 bits per heavy atom. The predicted octanol–water partition coefficient (Wildman–Crippen LogP) is 1.94. The maximum atomic E-state index is 5.68. The monoisotopic (exact) mass is 195 g/mol. The SMILES string of the molecule is C#CCC(C)NC1CC(C)OC(C)C1. The Balaban J connectivity index is 2.33. The summed E-state index contributed by atoms with van der Waals surface area (Å²) >= 11 is 0. The van der Waals surface area contributed by atoms with Gasteiger partial charge in [-0.1, -0.05) is 0 Å². The van der Waals surface area contributed by atoms with Crippen LogP contribution in [0, 0.1) is 12.3 Å². The normalized spacial score (nSPS) is 34.9. The zero-order chi connectivity index (χ0) is 10.6. The Morgan fingerprint density at radius 1 is 1.43 bits per heavy atom. The highest BCUT2D eigenvalue weighted by molar-refractivity contribution is 4.90. The Labute approximate surface area is 87.4 Å². The minimum Gasteiger partial charge on any atom is -0.375 e. The van der Waals surface area contributed by atoms with Crippen LogP contribution >= 0.6 is 0 Å². The minimum atomic E-state index is 0.370. The van der Waals surface area contributed by atoms with Gasteiger partial charge < -0.3 is 10.1 Å². The van der Waals surface area contributed by atoms with Crippen LogP contribution < -0.4 is 5.32 Å². The molecule has 1 heterocycles. The lowest BCUT2D eigenvalue weighted by molar-refractivity contribution is -0.0432. The van der Waals surface area contributed by atoms with Gasteiger partial charge in [0.05, 0.1) is 12.2 Å². The molecule has 0 amide bonds. The van der Waals surface area contributed by atoms with E-state index in [1.54, 1.807) is 0 Å². The number of hydrogen-bond donors (Lipinski definition) is 1. The van der Waals surface area contributed by atoms with E-state index in [-0.39, 0.29) is 0 Å². The molecule has 1 N–H and O–H groups in total. The fourth-order valence-corrected chi connectivity index (χ4v) is 2.18. The first-order chi connectivity index (χ1) is 6.61. The molecule has 1 rings (SSSR count). The highest BCUT2D eigenvalue weighted by atomic mass is 16.5. The van der Waals surface area contributed by atoms with E-state index in [0.717, 1.165) is 19.3 Å². The van der Waals surface area contributed by atoms with Gasteiger partial charge in [0.1, 0.15) is 0 Å². The molecule has 80 valence electrons. The molecule has 0 aromatic heterocycles. The van der Waals surface area contributed by atoms with E-state index in [0.29, 0.717) is 24.3 Å². The largest absolute Gasteiger partial charge is 0.375 e. The van der Waals surface area contributed by atoms with Crippen LogP contribution in [-0.2, 0) is 4.74 Å². The minimum absolute atomic E-state index is 0.370. The zero-order valence-corrected chi connectivity index (χ0v) is 9.42. The maximum Gasteiger partial charge on any atom is 0.0565 e. The Hall–Kier alpha value is -0.520. The van der Waals surface area contributed by atoms with E-state index in [9.17, 15) is 0 Å². The average Bonchev–Trinajstić information content (AvgIpc) is 2.01. The molecule has 0 saturated carbocycles. The Bertz CT molecular complexity index is 199. The van der Waals surface area contributed by atoms with Gasteiger partial charge in [-0.05, 0) is 33.6 Å². The lowest BCUT2D eigenvalue weighted by Gasteiger charge is -2.34. The summed E-state index contributed by atoms with van der Waals surface area (Å²) in [7, 11) is 0. The van der Waals surface area contributed by atoms with Gasteiger partial charge in [-0.15, -0.1) is 12.3 Å². The molecule has 2 heteroatoms. The zero-order valence-electron chi connectivity index (χ0n) is 9.42. The molecule has 0 aliphatic carbocycles. The summed E-state index contributed by atoms with van der Waals surface area (Å²) < 4.78 is 5.68. The van der Waals surface area contributed by atoms with Crippen molar-refractivity contribution in [2.45, 2.75) is 64.3 Å². The number of rotatable bonds is 3. The maximum absolute atomic E-state index is 5.68. The van der Waals surface area contributed by atoms with Gasteiger partial charge in [-0.2, -0.15) is 0 Å². The third kappa shape index (κ3) is 3.69. The third-order valence-electron chi connectivity index (χ3n) is 2.64. The van der Waals surface area contributed by atoms with E-state index in [2.05, 4.69) is 32.0 Å². The van der Waals surface area contributed by atoms with Crippen LogP contribution in [0.1, 0.15) is 40.0 Å². The van der Waals surface area contributed by atoms with Crippen molar-refractivity contribution in [3.8, 4) is 12.3 Å². The summed E-state index contributed by atoms with van der Waals surface area (Å²) in [6.45, 7) is 6.41. The van der Waals surface area contributed by atoms with Crippen LogP contribution in [0.2, 0.25) is 0 Å². The smallest absolute Gasteiger partial charge is 0.0565 e. The molecular formula is C12H21NO. The van der Waals surface area contributed by atoms with E-state index >= 15 is 0 Å². The van der Waals surface area contributed by atoms with E-state index < -0.39 is 0 Å². The Morgan fingerprint density at radius 2 is 2.00 bits per heavy atom. The fourth-order valence-electron chi connectivity index (χ4n) is 2.18. The topological polar surface area (TPSA) is 21.3 Å². The fraction of sp³-hybridized carbons (Fsp3) is 0.833. The molecule has 0 radical (unpaired) electrons. The molecule has 14 heavy (non-hydrogen) atoms. The van der Waals surface area contributed by atoms with Gasteiger partial charge in [-0.3, -0.25) is 0 Å². The van der Waals surface area contributed by atoms with Crippen molar-refractivity contribution in [1.29, 1.82) is 0 Å². The van der Waals surface area contributed by atoms with Crippen molar-refractivity contribution in [3.63, 3.8) is 0 Å². The van der Waals surface area contributed by atoms with Gasteiger partial charge in [0.2, 0.25) is 0 Å². The summed E-state index contributed by atoms with van der Waals surface area (Å²) in [6, 6.07) is 0.986. The van der Waals surface area contributed by atoms with Crippen molar-refractivity contribution in [3.05, 3.63) is 0 Å². The molecule has 1 saturated heterocycles. The van der Waals surface area contributed by atoms with Gasteiger partial charge in [0.25, 0.3) is 0 Å². The van der Waals surface area contributed by atoms with Gasteiger partial charge >= 0.3 is 0 Å². The van der Waals surface area contributed by atoms with E-state index in [1.807, 2.05) is 0 Å². The van der Waals surface area contributed by atoms with Crippen molar-refractivity contribution < 1.29 is 4.74 Å². The standard InChI is InChI=1S/C12H21NO/c1-5-6-9(2)13-12-7-10(3)14-11(4)8-12/h1,9-13H,6-8H2,2-4H3. The van der Waals surface area contributed by atoms with Gasteiger partial charge in [-0.25, -0.2) is 0 Å². The predicted molar refractivity (Wildman–Crippen MR) is 59.1 cm³/mol. The van der Waals surface area contributed by atoms with Crippen LogP contribution in [0.25, 0.3) is 0 Å². The van der Waals surface area contributed by atoms with E-state index in [4.69, 9.17) is 11.2 Å². The molecule has 1 aliphatic rings. The number of hydrogen-bond acceptors (Lipinski definition) is 2. The first-order valence-corrected chi connectivity index (χ1v) is 5.46. The van der Waals surface area contributed by atoms with Crippen molar-refractivity contribution in [2.75, 3.05) is 0 Å². The first-order valence-electron chi connectivity index (χ1n) is 5.46. The lowest BCUT2D eigenvalue weighted by atomic mass is 9.99. The van der Waals surface area contributed by atoms with Crippen molar-refractivity contribution in [1.82, 2.24) is 5.32 Å². The molecule has 0 aromatic carbocycles. The molecule has 2 nitrogen and oxygen atoms in total. The highest BCUT2D eigenvalue weighted by Gasteiger charge is 2.24. The molecule has 3 atom stereocenters. The van der Waals surface area contributed by atoms with Crippen LogP contribution in [0.15, 0.2) is 0 Å². The van der Waals surface area contributed by atoms with Gasteiger partial charge in [0, 0.05) is 18.5 Å². The average molecular weight is 195 g/mol. The number of ether oxygens (including phenoxy) is 1. The molecule has 3 unspecified atom stereocenters. The number of nitrogens with one attached hydrogen (secondary N) is 1. The summed E-state index contributed by atoms with van der Waals surface area (Å²) in [5, 5.41) is 3.56. The molecule has 0 spiro atoms. The molecule has 0 aromatic rings. The quantitative estimate of drug-likeness (QED) is 0.695. The van der Waals surface area contributed by atoms with Crippen molar-refractivity contribution >= 4 is 0 Å². The summed E-state index contributed by atoms with van der Waals surface area (Å²) in [5.41, 5.74) is 0. The Kier molecular flexibility index (Phi) is 4.44. The molecule has 0 bridgehead atoms. The van der Waals surface area contributed by atoms with Crippen molar-refractivity contribution in [2.24, 2.45) is 0 Å². The van der Waals surface area contributed by atoms with E-state index in [1.165, 1.54) is 0 Å². The van der Waals surface area contributed by atoms with Crippen LogP contribution in [0.4, 0.5) is 0 Å². The van der Waals surface area contributed by atoms with Crippen LogP contribution in [-0.4, -0.2) is 24.3 Å². The lowest BCUT2D eigenvalue weighted by Crippen LogP contribution is -2.44. The van der Waals surface area contributed by atoms with Gasteiger partial charge in [0.15, 0.2) is 0 Å². The molecule has 1 aliphatic heterocycles. The van der Waals surface area contributed by atoms with Crippen LogP contribution in [0.5, 0.6) is 0 Å². The summed E-state index contributed by atoms with van der Waals surface area (Å²) in [6.07, 6.45) is 9.01. The molecular weight excluding hydrogens is 174 g/mol. The second-order valence-electron chi connectivity index (χ2n) is 4.40. The first kappa shape index (κ1) is 11.6. The number of terminal acetylenes is 1. The highest BCUT2D eigenvalue weighted by Crippen LogP contribution is 2.19. The second kappa shape index (κ2) is 5.38.